The van der Waals surface area contributed by atoms with Gasteiger partial charge in [0.1, 0.15) is 24.3 Å². The van der Waals surface area contributed by atoms with E-state index in [0.717, 1.165) is 33.4 Å². The lowest BCUT2D eigenvalue weighted by Gasteiger charge is -2.49. The molecular formula is C44H42O8S. The van der Waals surface area contributed by atoms with Crippen LogP contribution in [0.4, 0.5) is 0 Å². The number of esters is 2. The lowest BCUT2D eigenvalue weighted by atomic mass is 9.84. The van der Waals surface area contributed by atoms with Gasteiger partial charge in [-0.15, -0.1) is 11.8 Å². The number of ether oxygens (including phenoxy) is 5. The SMILES string of the molecule is CCS[C@@H]1O[C@H](COCc2ccccc2)[C@H](OCc2ccccc2)[C@@](O)(C(=O)OCC2c3ccccc3-c3ccccc32)[C@H]1OC(=O)c1ccccc1. The molecule has 0 saturated carbocycles. The topological polar surface area (TPSA) is 101 Å². The molecule has 5 atom stereocenters. The van der Waals surface area contributed by atoms with Crippen molar-refractivity contribution in [2.24, 2.45) is 0 Å². The van der Waals surface area contributed by atoms with E-state index in [0.29, 0.717) is 5.75 Å². The summed E-state index contributed by atoms with van der Waals surface area (Å²) in [4.78, 5) is 28.5. The fourth-order valence-electron chi connectivity index (χ4n) is 7.10. The number of hydrogen-bond donors (Lipinski definition) is 1. The van der Waals surface area contributed by atoms with Crippen LogP contribution in [0.1, 0.15) is 45.5 Å². The number of hydrogen-bond acceptors (Lipinski definition) is 9. The summed E-state index contributed by atoms with van der Waals surface area (Å²) in [5, 5.41) is 13.1. The van der Waals surface area contributed by atoms with Gasteiger partial charge in [0, 0.05) is 5.92 Å². The number of carbonyl (C=O) groups is 2. The number of carbonyl (C=O) groups excluding carboxylic acids is 2. The highest BCUT2D eigenvalue weighted by molar-refractivity contribution is 7.99. The van der Waals surface area contributed by atoms with Gasteiger partial charge in [-0.2, -0.15) is 0 Å². The Hall–Kier alpha value is -4.77. The van der Waals surface area contributed by atoms with Gasteiger partial charge in [0.25, 0.3) is 0 Å². The number of aliphatic hydroxyl groups is 1. The maximum atomic E-state index is 14.8. The second kappa shape index (κ2) is 16.9. The van der Waals surface area contributed by atoms with Crippen LogP contribution in [0.25, 0.3) is 11.1 Å². The Morgan fingerprint density at radius 3 is 1.85 bits per heavy atom. The molecular weight excluding hydrogens is 689 g/mol. The van der Waals surface area contributed by atoms with Crippen LogP contribution in [0.15, 0.2) is 140 Å². The average Bonchev–Trinajstić information content (AvgIpc) is 3.52. The number of thioether (sulfide) groups is 1. The van der Waals surface area contributed by atoms with Gasteiger partial charge >= 0.3 is 11.9 Å². The number of benzene rings is 5. The highest BCUT2D eigenvalue weighted by atomic mass is 32.2. The van der Waals surface area contributed by atoms with Crippen LogP contribution >= 0.6 is 11.8 Å². The molecule has 1 fully saturated rings. The fourth-order valence-corrected chi connectivity index (χ4v) is 8.08. The highest BCUT2D eigenvalue weighted by Crippen LogP contribution is 2.45. The molecule has 0 bridgehead atoms. The molecule has 1 saturated heterocycles. The second-order valence-corrected chi connectivity index (χ2v) is 14.4. The summed E-state index contributed by atoms with van der Waals surface area (Å²) < 4.78 is 31.5. The largest absolute Gasteiger partial charge is 0.462 e. The summed E-state index contributed by atoms with van der Waals surface area (Å²) in [6.07, 6.45) is -3.79. The summed E-state index contributed by atoms with van der Waals surface area (Å²) in [5.74, 6) is -1.42. The van der Waals surface area contributed by atoms with E-state index in [-0.39, 0.29) is 37.9 Å². The van der Waals surface area contributed by atoms with E-state index in [4.69, 9.17) is 23.7 Å². The van der Waals surface area contributed by atoms with Crippen molar-refractivity contribution in [1.82, 2.24) is 0 Å². The molecule has 1 aliphatic heterocycles. The Morgan fingerprint density at radius 2 is 1.25 bits per heavy atom. The maximum Gasteiger partial charge on any atom is 0.345 e. The minimum atomic E-state index is -2.50. The zero-order valence-corrected chi connectivity index (χ0v) is 30.2. The summed E-state index contributed by atoms with van der Waals surface area (Å²) in [7, 11) is 0. The van der Waals surface area contributed by atoms with E-state index in [1.54, 1.807) is 30.3 Å². The molecule has 7 rings (SSSR count). The van der Waals surface area contributed by atoms with Crippen LogP contribution in [-0.4, -0.2) is 65.4 Å². The van der Waals surface area contributed by atoms with Crippen LogP contribution in [0, 0.1) is 0 Å². The van der Waals surface area contributed by atoms with Crippen molar-refractivity contribution in [3.63, 3.8) is 0 Å². The predicted molar refractivity (Wildman–Crippen MR) is 203 cm³/mol. The van der Waals surface area contributed by atoms with E-state index in [9.17, 15) is 14.7 Å². The van der Waals surface area contributed by atoms with E-state index in [1.165, 1.54) is 11.8 Å². The summed E-state index contributed by atoms with van der Waals surface area (Å²) in [6, 6.07) is 43.6. The maximum absolute atomic E-state index is 14.8. The Labute approximate surface area is 314 Å². The van der Waals surface area contributed by atoms with Gasteiger partial charge in [0.05, 0.1) is 25.4 Å². The summed E-state index contributed by atoms with van der Waals surface area (Å²) in [6.45, 7) is 2.16. The molecule has 0 unspecified atom stereocenters. The van der Waals surface area contributed by atoms with Crippen LogP contribution in [-0.2, 0) is 41.7 Å². The van der Waals surface area contributed by atoms with Crippen LogP contribution < -0.4 is 0 Å². The van der Waals surface area contributed by atoms with Gasteiger partial charge in [-0.05, 0) is 51.3 Å². The third-order valence-electron chi connectivity index (χ3n) is 9.67. The molecule has 272 valence electrons. The van der Waals surface area contributed by atoms with Gasteiger partial charge in [-0.3, -0.25) is 0 Å². The van der Waals surface area contributed by atoms with E-state index in [2.05, 4.69) is 12.1 Å². The molecule has 9 heteroatoms. The molecule has 8 nitrogen and oxygen atoms in total. The molecule has 0 amide bonds. The van der Waals surface area contributed by atoms with Crippen LogP contribution in [0.5, 0.6) is 0 Å². The minimum absolute atomic E-state index is 0.0204. The third kappa shape index (κ3) is 7.95. The predicted octanol–water partition coefficient (Wildman–Crippen LogP) is 7.58. The third-order valence-corrected chi connectivity index (χ3v) is 10.7. The molecule has 0 spiro atoms. The molecule has 0 radical (unpaired) electrons. The van der Waals surface area contributed by atoms with E-state index < -0.39 is 41.3 Å². The van der Waals surface area contributed by atoms with Crippen molar-refractivity contribution in [3.8, 4) is 11.1 Å². The summed E-state index contributed by atoms with van der Waals surface area (Å²) in [5.41, 5.74) is 2.76. The molecule has 1 heterocycles. The molecule has 1 aliphatic carbocycles. The monoisotopic (exact) mass is 730 g/mol. The first-order valence-electron chi connectivity index (χ1n) is 17.9. The molecule has 2 aliphatic rings. The molecule has 0 aromatic heterocycles. The average molecular weight is 731 g/mol. The standard InChI is InChI=1S/C44H42O8S/c1-2-53-42-40(52-41(45)32-20-10-5-11-21-32)44(47,43(46)50-28-37-35-24-14-12-22-33(35)34-23-13-15-25-36(34)37)39(49-27-31-18-8-4-9-19-31)38(51-42)29-48-26-30-16-6-3-7-17-30/h3-25,37-40,42,47H,2,26-29H2,1H3/t38-,39+,40+,42+,44+/m1/s1. The molecule has 1 N–H and O–H groups in total. The van der Waals surface area contributed by atoms with Gasteiger partial charge in [0.2, 0.25) is 5.60 Å². The smallest absolute Gasteiger partial charge is 0.345 e. The van der Waals surface area contributed by atoms with E-state index >= 15 is 0 Å². The Morgan fingerprint density at radius 1 is 0.698 bits per heavy atom. The normalized spacial score (nSPS) is 22.1. The van der Waals surface area contributed by atoms with Crippen molar-refractivity contribution in [1.29, 1.82) is 0 Å². The van der Waals surface area contributed by atoms with Crippen molar-refractivity contribution < 1.29 is 38.4 Å². The zero-order valence-electron chi connectivity index (χ0n) is 29.4. The first-order chi connectivity index (χ1) is 26.0. The van der Waals surface area contributed by atoms with Crippen LogP contribution in [0.3, 0.4) is 0 Å². The number of fused-ring (bicyclic) bond motifs is 3. The molecule has 53 heavy (non-hydrogen) atoms. The van der Waals surface area contributed by atoms with E-state index in [1.807, 2.05) is 104 Å². The molecule has 5 aromatic rings. The number of rotatable bonds is 14. The van der Waals surface area contributed by atoms with Gasteiger partial charge in [-0.1, -0.05) is 134 Å². The fraction of sp³-hybridized carbons (Fsp3) is 0.273. The second-order valence-electron chi connectivity index (χ2n) is 13.1. The van der Waals surface area contributed by atoms with Gasteiger partial charge in [0.15, 0.2) is 6.10 Å². The quantitative estimate of drug-likeness (QED) is 0.116. The zero-order chi connectivity index (χ0) is 36.6. The molecule has 5 aromatic carbocycles. The Kier molecular flexibility index (Phi) is 11.7. The van der Waals surface area contributed by atoms with Crippen molar-refractivity contribution >= 4 is 23.7 Å². The van der Waals surface area contributed by atoms with Crippen molar-refractivity contribution in [2.45, 2.75) is 55.4 Å². The first kappa shape index (κ1) is 36.6. The van der Waals surface area contributed by atoms with Crippen LogP contribution in [0.2, 0.25) is 0 Å². The minimum Gasteiger partial charge on any atom is -0.462 e. The van der Waals surface area contributed by atoms with Crippen molar-refractivity contribution in [3.05, 3.63) is 167 Å². The van der Waals surface area contributed by atoms with Gasteiger partial charge in [-0.25, -0.2) is 9.59 Å². The van der Waals surface area contributed by atoms with Gasteiger partial charge < -0.3 is 28.8 Å². The van der Waals surface area contributed by atoms with Crippen molar-refractivity contribution in [2.75, 3.05) is 19.0 Å². The Bertz CT molecular complexity index is 1930. The summed E-state index contributed by atoms with van der Waals surface area (Å²) >= 11 is 1.31. The lowest BCUT2D eigenvalue weighted by molar-refractivity contribution is -0.273. The Balaban J connectivity index is 1.24. The first-order valence-corrected chi connectivity index (χ1v) is 18.9. The lowest BCUT2D eigenvalue weighted by Crippen LogP contribution is -2.72. The highest BCUT2D eigenvalue weighted by Gasteiger charge is 2.64.